The van der Waals surface area contributed by atoms with Crippen LogP contribution in [0.2, 0.25) is 0 Å². The summed E-state index contributed by atoms with van der Waals surface area (Å²) >= 11 is 0. The molecule has 0 atom stereocenters. The van der Waals surface area contributed by atoms with E-state index in [1.807, 2.05) is 41.8 Å². The minimum atomic E-state index is -1.02. The SMILES string of the molecule is CCC1(CC)C(=O)N=C(N(C)C)C(C)(C)NC1=O. The van der Waals surface area contributed by atoms with E-state index in [1.54, 1.807) is 4.90 Å². The standard InChI is InChI=1S/C13H23N3O2/c1-7-13(8-2)10(17)14-9(16(5)6)12(3,4)15-11(13)18/h7-8H2,1-6H3,(H,15,18). The highest BCUT2D eigenvalue weighted by atomic mass is 16.2. The number of hydrogen-bond donors (Lipinski definition) is 1. The zero-order chi connectivity index (χ0) is 14.1. The number of nitrogens with zero attached hydrogens (tertiary/aromatic N) is 2. The number of amides is 2. The average Bonchev–Trinajstić information content (AvgIpc) is 2.33. The summed E-state index contributed by atoms with van der Waals surface area (Å²) < 4.78 is 0. The summed E-state index contributed by atoms with van der Waals surface area (Å²) in [6, 6.07) is 0. The van der Waals surface area contributed by atoms with Gasteiger partial charge in [0.2, 0.25) is 5.91 Å². The monoisotopic (exact) mass is 253 g/mol. The van der Waals surface area contributed by atoms with Gasteiger partial charge in [0.05, 0.1) is 5.54 Å². The third kappa shape index (κ3) is 2.13. The second kappa shape index (κ2) is 4.71. The van der Waals surface area contributed by atoms with Crippen LogP contribution in [0.5, 0.6) is 0 Å². The topological polar surface area (TPSA) is 61.8 Å². The van der Waals surface area contributed by atoms with Gasteiger partial charge in [-0.1, -0.05) is 13.8 Å². The molecule has 0 fully saturated rings. The van der Waals surface area contributed by atoms with Crippen LogP contribution in [0.4, 0.5) is 0 Å². The molecule has 0 bridgehead atoms. The molecule has 1 aliphatic rings. The molecule has 0 aromatic carbocycles. The summed E-state index contributed by atoms with van der Waals surface area (Å²) in [5, 5.41) is 2.94. The van der Waals surface area contributed by atoms with Crippen molar-refractivity contribution in [2.45, 2.75) is 46.1 Å². The molecule has 1 aliphatic heterocycles. The van der Waals surface area contributed by atoms with E-state index in [2.05, 4.69) is 10.3 Å². The van der Waals surface area contributed by atoms with Crippen LogP contribution in [0, 0.1) is 5.41 Å². The van der Waals surface area contributed by atoms with Crippen molar-refractivity contribution >= 4 is 17.6 Å². The summed E-state index contributed by atoms with van der Waals surface area (Å²) in [7, 11) is 3.65. The predicted octanol–water partition coefficient (Wildman–Crippen LogP) is 1.19. The van der Waals surface area contributed by atoms with E-state index in [4.69, 9.17) is 0 Å². The largest absolute Gasteiger partial charge is 0.364 e. The molecule has 18 heavy (non-hydrogen) atoms. The van der Waals surface area contributed by atoms with Gasteiger partial charge in [0, 0.05) is 14.1 Å². The van der Waals surface area contributed by atoms with Crippen LogP contribution >= 0.6 is 0 Å². The smallest absolute Gasteiger partial charge is 0.263 e. The molecule has 1 heterocycles. The third-order valence-electron chi connectivity index (χ3n) is 3.67. The first-order chi connectivity index (χ1) is 8.21. The number of nitrogens with one attached hydrogen (secondary N) is 1. The van der Waals surface area contributed by atoms with Crippen LogP contribution in [0.15, 0.2) is 4.99 Å². The lowest BCUT2D eigenvalue weighted by molar-refractivity contribution is -0.142. The zero-order valence-corrected chi connectivity index (χ0v) is 12.1. The van der Waals surface area contributed by atoms with Crippen molar-refractivity contribution in [3.05, 3.63) is 0 Å². The van der Waals surface area contributed by atoms with Crippen molar-refractivity contribution in [1.29, 1.82) is 0 Å². The van der Waals surface area contributed by atoms with Crippen LogP contribution in [-0.4, -0.2) is 42.2 Å². The Bertz CT molecular complexity index is 393. The Morgan fingerprint density at radius 2 is 1.67 bits per heavy atom. The number of hydrogen-bond acceptors (Lipinski definition) is 3. The minimum Gasteiger partial charge on any atom is -0.364 e. The zero-order valence-electron chi connectivity index (χ0n) is 12.1. The molecule has 5 nitrogen and oxygen atoms in total. The summed E-state index contributed by atoms with van der Waals surface area (Å²) in [4.78, 5) is 30.7. The van der Waals surface area contributed by atoms with E-state index in [0.29, 0.717) is 18.7 Å². The Morgan fingerprint density at radius 3 is 2.06 bits per heavy atom. The van der Waals surface area contributed by atoms with E-state index in [0.717, 1.165) is 0 Å². The van der Waals surface area contributed by atoms with Gasteiger partial charge < -0.3 is 10.2 Å². The average molecular weight is 253 g/mol. The van der Waals surface area contributed by atoms with Crippen molar-refractivity contribution < 1.29 is 9.59 Å². The van der Waals surface area contributed by atoms with Gasteiger partial charge in [0.25, 0.3) is 5.91 Å². The molecule has 0 saturated carbocycles. The number of aliphatic imine (C=N–C) groups is 1. The minimum absolute atomic E-state index is 0.219. The number of carbonyl (C=O) groups excluding carboxylic acids is 2. The van der Waals surface area contributed by atoms with Crippen LogP contribution in [-0.2, 0) is 9.59 Å². The highest BCUT2D eigenvalue weighted by Crippen LogP contribution is 2.32. The Balaban J connectivity index is 3.37. The molecule has 1 N–H and O–H groups in total. The van der Waals surface area contributed by atoms with E-state index >= 15 is 0 Å². The number of carbonyl (C=O) groups is 2. The maximum absolute atomic E-state index is 12.4. The molecule has 0 aromatic rings. The van der Waals surface area contributed by atoms with E-state index in [9.17, 15) is 9.59 Å². The molecule has 0 spiro atoms. The molecule has 2 amide bonds. The molecule has 0 radical (unpaired) electrons. The fourth-order valence-electron chi connectivity index (χ4n) is 2.43. The van der Waals surface area contributed by atoms with Crippen LogP contribution in [0.3, 0.4) is 0 Å². The lowest BCUT2D eigenvalue weighted by Gasteiger charge is -2.32. The summed E-state index contributed by atoms with van der Waals surface area (Å²) in [5.41, 5.74) is -1.66. The fraction of sp³-hybridized carbons (Fsp3) is 0.769. The second-order valence-corrected chi connectivity index (χ2v) is 5.50. The van der Waals surface area contributed by atoms with Crippen molar-refractivity contribution in [2.75, 3.05) is 14.1 Å². The molecular formula is C13H23N3O2. The van der Waals surface area contributed by atoms with Crippen molar-refractivity contribution in [2.24, 2.45) is 10.4 Å². The molecule has 0 unspecified atom stereocenters. The molecule has 0 saturated heterocycles. The van der Waals surface area contributed by atoms with Gasteiger partial charge in [0.1, 0.15) is 11.3 Å². The van der Waals surface area contributed by atoms with Gasteiger partial charge in [-0.25, -0.2) is 0 Å². The van der Waals surface area contributed by atoms with Crippen molar-refractivity contribution in [3.8, 4) is 0 Å². The fourth-order valence-corrected chi connectivity index (χ4v) is 2.43. The molecule has 5 heteroatoms. The van der Waals surface area contributed by atoms with Crippen LogP contribution in [0.25, 0.3) is 0 Å². The second-order valence-electron chi connectivity index (χ2n) is 5.50. The van der Waals surface area contributed by atoms with Gasteiger partial charge in [-0.2, -0.15) is 4.99 Å². The first kappa shape index (κ1) is 14.7. The first-order valence-corrected chi connectivity index (χ1v) is 6.34. The predicted molar refractivity (Wildman–Crippen MR) is 71.4 cm³/mol. The molecule has 0 aromatic heterocycles. The highest BCUT2D eigenvalue weighted by molar-refractivity contribution is 6.14. The molecule has 0 aliphatic carbocycles. The summed E-state index contributed by atoms with van der Waals surface area (Å²) in [6.45, 7) is 7.42. The van der Waals surface area contributed by atoms with E-state index in [1.165, 1.54) is 0 Å². The van der Waals surface area contributed by atoms with Crippen molar-refractivity contribution in [3.63, 3.8) is 0 Å². The molecule has 102 valence electrons. The van der Waals surface area contributed by atoms with Crippen molar-refractivity contribution in [1.82, 2.24) is 10.2 Å². The number of rotatable bonds is 2. The normalized spacial score (nSPS) is 22.0. The van der Waals surface area contributed by atoms with Crippen LogP contribution < -0.4 is 5.32 Å². The lowest BCUT2D eigenvalue weighted by Crippen LogP contribution is -2.56. The van der Waals surface area contributed by atoms with Gasteiger partial charge in [0.15, 0.2) is 0 Å². The quantitative estimate of drug-likeness (QED) is 0.752. The van der Waals surface area contributed by atoms with Gasteiger partial charge in [-0.15, -0.1) is 0 Å². The van der Waals surface area contributed by atoms with Gasteiger partial charge >= 0.3 is 0 Å². The van der Waals surface area contributed by atoms with Gasteiger partial charge in [-0.05, 0) is 26.7 Å². The molecule has 1 rings (SSSR count). The van der Waals surface area contributed by atoms with Crippen LogP contribution in [0.1, 0.15) is 40.5 Å². The van der Waals surface area contributed by atoms with Gasteiger partial charge in [-0.3, -0.25) is 9.59 Å². The maximum Gasteiger partial charge on any atom is 0.263 e. The Hall–Kier alpha value is -1.39. The number of amidine groups is 1. The summed E-state index contributed by atoms with van der Waals surface area (Å²) in [5.74, 6) is 0.0343. The first-order valence-electron chi connectivity index (χ1n) is 6.34. The highest BCUT2D eigenvalue weighted by Gasteiger charge is 2.48. The Morgan fingerprint density at radius 1 is 1.17 bits per heavy atom. The lowest BCUT2D eigenvalue weighted by atomic mass is 9.80. The number of likely N-dealkylation sites (N-methyl/N-ethyl adjacent to an activating group) is 1. The van der Waals surface area contributed by atoms with E-state index < -0.39 is 11.0 Å². The van der Waals surface area contributed by atoms with E-state index in [-0.39, 0.29) is 11.8 Å². The summed E-state index contributed by atoms with van der Waals surface area (Å²) in [6.07, 6.45) is 0.933. The Kier molecular flexibility index (Phi) is 3.84. The third-order valence-corrected chi connectivity index (χ3v) is 3.67. The molecular weight excluding hydrogens is 230 g/mol. The Labute approximate surface area is 109 Å². The maximum atomic E-state index is 12.4.